The van der Waals surface area contributed by atoms with E-state index in [4.69, 9.17) is 0 Å². The lowest BCUT2D eigenvalue weighted by atomic mass is 10.1. The zero-order valence-corrected chi connectivity index (χ0v) is 16.5. The molecule has 1 aliphatic rings. The van der Waals surface area contributed by atoms with Gasteiger partial charge in [0.25, 0.3) is 0 Å². The van der Waals surface area contributed by atoms with Crippen molar-refractivity contribution in [2.75, 3.05) is 19.6 Å². The van der Waals surface area contributed by atoms with E-state index in [-0.39, 0.29) is 17.7 Å². The van der Waals surface area contributed by atoms with Crippen molar-refractivity contribution < 1.29 is 9.59 Å². The lowest BCUT2D eigenvalue weighted by Gasteiger charge is -2.16. The number of aryl methyl sites for hydroxylation is 1. The fourth-order valence-electron chi connectivity index (χ4n) is 3.83. The second kappa shape index (κ2) is 9.07. The Balaban J connectivity index is 1.49. The number of H-pyrrole nitrogens is 1. The van der Waals surface area contributed by atoms with E-state index < -0.39 is 0 Å². The van der Waals surface area contributed by atoms with Crippen LogP contribution >= 0.6 is 0 Å². The first-order valence-electron chi connectivity index (χ1n) is 10.2. The minimum absolute atomic E-state index is 0.0325. The number of nitrogens with zero attached hydrogens (tertiary/aromatic N) is 1. The molecule has 1 fully saturated rings. The van der Waals surface area contributed by atoms with Gasteiger partial charge in [0.2, 0.25) is 11.8 Å². The van der Waals surface area contributed by atoms with Crippen LogP contribution in [0, 0.1) is 12.8 Å². The Labute approximate surface area is 161 Å². The van der Waals surface area contributed by atoms with Gasteiger partial charge in [-0.2, -0.15) is 0 Å². The molecule has 2 aromatic rings. The molecule has 2 amide bonds. The van der Waals surface area contributed by atoms with Gasteiger partial charge in [0.1, 0.15) is 0 Å². The van der Waals surface area contributed by atoms with Crippen LogP contribution in [-0.4, -0.2) is 41.3 Å². The Hall–Kier alpha value is -2.30. The summed E-state index contributed by atoms with van der Waals surface area (Å²) in [5, 5.41) is 4.23. The van der Waals surface area contributed by atoms with Crippen molar-refractivity contribution >= 4 is 22.7 Å². The molecule has 3 rings (SSSR count). The topological polar surface area (TPSA) is 65.2 Å². The summed E-state index contributed by atoms with van der Waals surface area (Å²) in [6.45, 7) is 6.19. The highest BCUT2D eigenvalue weighted by Crippen LogP contribution is 2.22. The van der Waals surface area contributed by atoms with Crippen LogP contribution in [-0.2, 0) is 16.0 Å². The summed E-state index contributed by atoms with van der Waals surface area (Å²) in [5.74, 6) is -0.0730. The van der Waals surface area contributed by atoms with Crippen molar-refractivity contribution in [1.29, 1.82) is 0 Å². The van der Waals surface area contributed by atoms with Gasteiger partial charge in [-0.3, -0.25) is 9.59 Å². The summed E-state index contributed by atoms with van der Waals surface area (Å²) in [4.78, 5) is 29.8. The van der Waals surface area contributed by atoms with E-state index in [0.717, 1.165) is 31.3 Å². The number of fused-ring (bicyclic) bond motifs is 1. The van der Waals surface area contributed by atoms with Gasteiger partial charge in [-0.25, -0.2) is 0 Å². The molecule has 1 saturated heterocycles. The van der Waals surface area contributed by atoms with Crippen LogP contribution in [0.15, 0.2) is 24.4 Å². The van der Waals surface area contributed by atoms with Crippen LogP contribution in [0.5, 0.6) is 0 Å². The van der Waals surface area contributed by atoms with E-state index in [1.807, 2.05) is 11.1 Å². The van der Waals surface area contributed by atoms with Crippen molar-refractivity contribution in [2.24, 2.45) is 5.92 Å². The number of amides is 2. The zero-order chi connectivity index (χ0) is 19.2. The number of carbonyl (C=O) groups excluding carboxylic acids is 2. The monoisotopic (exact) mass is 369 g/mol. The first kappa shape index (κ1) is 19.5. The third kappa shape index (κ3) is 4.90. The van der Waals surface area contributed by atoms with Gasteiger partial charge in [0.05, 0.1) is 5.92 Å². The lowest BCUT2D eigenvalue weighted by Crippen LogP contribution is -2.34. The van der Waals surface area contributed by atoms with Gasteiger partial charge in [-0.05, 0) is 37.5 Å². The molecule has 5 heteroatoms. The van der Waals surface area contributed by atoms with Crippen molar-refractivity contribution in [3.63, 3.8) is 0 Å². The van der Waals surface area contributed by atoms with E-state index in [1.165, 1.54) is 29.4 Å². The lowest BCUT2D eigenvalue weighted by molar-refractivity contribution is -0.129. The molecule has 146 valence electrons. The van der Waals surface area contributed by atoms with Crippen molar-refractivity contribution in [1.82, 2.24) is 15.2 Å². The normalized spacial score (nSPS) is 17.0. The average Bonchev–Trinajstić information content (AvgIpc) is 3.22. The fourth-order valence-corrected chi connectivity index (χ4v) is 3.83. The van der Waals surface area contributed by atoms with E-state index in [1.54, 1.807) is 0 Å². The van der Waals surface area contributed by atoms with Gasteiger partial charge in [0, 0.05) is 43.2 Å². The predicted molar refractivity (Wildman–Crippen MR) is 109 cm³/mol. The van der Waals surface area contributed by atoms with Gasteiger partial charge in [0.15, 0.2) is 0 Å². The number of likely N-dealkylation sites (tertiary alicyclic amines) is 1. The summed E-state index contributed by atoms with van der Waals surface area (Å²) < 4.78 is 0. The quantitative estimate of drug-likeness (QED) is 0.664. The number of hydrogen-bond acceptors (Lipinski definition) is 2. The van der Waals surface area contributed by atoms with Crippen LogP contribution in [0.4, 0.5) is 0 Å². The number of carbonyl (C=O) groups is 2. The number of aromatic nitrogens is 1. The molecule has 1 atom stereocenters. The second-order valence-corrected chi connectivity index (χ2v) is 7.71. The first-order valence-corrected chi connectivity index (χ1v) is 10.2. The maximum absolute atomic E-state index is 12.3. The number of aromatic amines is 1. The zero-order valence-electron chi connectivity index (χ0n) is 16.5. The number of benzene rings is 1. The van der Waals surface area contributed by atoms with Crippen molar-refractivity contribution in [3.05, 3.63) is 35.5 Å². The number of rotatable bonds is 9. The molecule has 0 bridgehead atoms. The Morgan fingerprint density at radius 3 is 2.96 bits per heavy atom. The van der Waals surface area contributed by atoms with Crippen LogP contribution in [0.3, 0.4) is 0 Å². The summed E-state index contributed by atoms with van der Waals surface area (Å²) in [6, 6.07) is 6.37. The molecule has 0 saturated carbocycles. The summed E-state index contributed by atoms with van der Waals surface area (Å²) in [5.41, 5.74) is 3.59. The minimum Gasteiger partial charge on any atom is -0.361 e. The number of nitrogens with one attached hydrogen (secondary N) is 2. The third-order valence-corrected chi connectivity index (χ3v) is 5.49. The molecule has 1 aliphatic heterocycles. The highest BCUT2D eigenvalue weighted by atomic mass is 16.2. The Kier molecular flexibility index (Phi) is 6.54. The fraction of sp³-hybridized carbons (Fsp3) is 0.545. The highest BCUT2D eigenvalue weighted by molar-refractivity contribution is 5.89. The molecule has 0 spiro atoms. The smallest absolute Gasteiger partial charge is 0.225 e. The Morgan fingerprint density at radius 1 is 1.30 bits per heavy atom. The van der Waals surface area contributed by atoms with Crippen molar-refractivity contribution in [3.8, 4) is 0 Å². The average molecular weight is 370 g/mol. The van der Waals surface area contributed by atoms with Crippen LogP contribution < -0.4 is 5.32 Å². The van der Waals surface area contributed by atoms with Crippen LogP contribution in [0.1, 0.15) is 50.2 Å². The largest absolute Gasteiger partial charge is 0.361 e. The second-order valence-electron chi connectivity index (χ2n) is 7.71. The first-order chi connectivity index (χ1) is 13.1. The molecule has 1 aromatic carbocycles. The maximum atomic E-state index is 12.3. The minimum atomic E-state index is -0.200. The summed E-state index contributed by atoms with van der Waals surface area (Å²) in [6.07, 6.45) is 7.75. The molecule has 5 nitrogen and oxygen atoms in total. The molecule has 0 radical (unpaired) electrons. The molecule has 27 heavy (non-hydrogen) atoms. The van der Waals surface area contributed by atoms with E-state index in [2.05, 4.69) is 42.3 Å². The van der Waals surface area contributed by atoms with E-state index >= 15 is 0 Å². The third-order valence-electron chi connectivity index (χ3n) is 5.49. The summed E-state index contributed by atoms with van der Waals surface area (Å²) in [7, 11) is 0. The molecular formula is C22H31N3O2. The molecule has 2 heterocycles. The molecular weight excluding hydrogens is 338 g/mol. The highest BCUT2D eigenvalue weighted by Gasteiger charge is 2.33. The molecule has 0 aliphatic carbocycles. The predicted octanol–water partition coefficient (Wildman–Crippen LogP) is 3.56. The standard InChI is InChI=1S/C22H31N3O2/c1-3-4-5-6-10-23-22(27)18-13-21(26)25(15-18)11-9-17-14-24-20-8-7-16(2)12-19(17)20/h7-8,12,14,18,24H,3-6,9-11,13,15H2,1-2H3,(H,23,27). The maximum Gasteiger partial charge on any atom is 0.225 e. The van der Waals surface area contributed by atoms with Gasteiger partial charge < -0.3 is 15.2 Å². The van der Waals surface area contributed by atoms with Crippen LogP contribution in [0.2, 0.25) is 0 Å². The molecule has 1 aromatic heterocycles. The van der Waals surface area contributed by atoms with E-state index in [9.17, 15) is 9.59 Å². The Morgan fingerprint density at radius 2 is 2.15 bits per heavy atom. The molecule has 1 unspecified atom stereocenters. The van der Waals surface area contributed by atoms with Crippen molar-refractivity contribution in [2.45, 2.75) is 52.4 Å². The molecule has 2 N–H and O–H groups in total. The van der Waals surface area contributed by atoms with E-state index in [0.29, 0.717) is 19.5 Å². The SMILES string of the molecule is CCCCCCNC(=O)C1CC(=O)N(CCc2c[nH]c3ccc(C)cc23)C1. The Bertz CT molecular complexity index is 796. The summed E-state index contributed by atoms with van der Waals surface area (Å²) >= 11 is 0. The number of unbranched alkanes of at least 4 members (excludes halogenated alkanes) is 3. The van der Waals surface area contributed by atoms with Crippen LogP contribution in [0.25, 0.3) is 10.9 Å². The van der Waals surface area contributed by atoms with Gasteiger partial charge >= 0.3 is 0 Å². The van der Waals surface area contributed by atoms with Gasteiger partial charge in [-0.1, -0.05) is 37.8 Å². The number of hydrogen-bond donors (Lipinski definition) is 2. The van der Waals surface area contributed by atoms with Gasteiger partial charge in [-0.15, -0.1) is 0 Å².